The summed E-state index contributed by atoms with van der Waals surface area (Å²) in [7, 11) is 1.52. The predicted octanol–water partition coefficient (Wildman–Crippen LogP) is 4.94. The normalized spacial score (nSPS) is 12.5. The fraction of sp³-hybridized carbons (Fsp3) is 0.143. The van der Waals surface area contributed by atoms with Crippen LogP contribution in [0.3, 0.4) is 0 Å². The van der Waals surface area contributed by atoms with E-state index in [9.17, 15) is 13.2 Å². The van der Waals surface area contributed by atoms with Crippen LogP contribution in [0.4, 0.5) is 13.2 Å². The lowest BCUT2D eigenvalue weighted by atomic mass is 9.97. The van der Waals surface area contributed by atoms with E-state index in [1.807, 2.05) is 0 Å². The van der Waals surface area contributed by atoms with Gasteiger partial charge in [0.2, 0.25) is 0 Å². The van der Waals surface area contributed by atoms with Crippen LogP contribution in [-0.2, 0) is 0 Å². The Labute approximate surface area is 131 Å². The van der Waals surface area contributed by atoms with E-state index in [1.54, 1.807) is 6.07 Å². The first kappa shape index (κ1) is 15.5. The third-order valence-corrected chi connectivity index (χ3v) is 4.04. The van der Waals surface area contributed by atoms with Crippen molar-refractivity contribution >= 4 is 31.9 Å². The lowest BCUT2D eigenvalue weighted by molar-refractivity contribution is 0.505. The second kappa shape index (κ2) is 6.28. The molecule has 0 aliphatic rings. The number of nitrogens with one attached hydrogen (secondary N) is 1. The molecule has 0 spiro atoms. The molecule has 0 amide bonds. The monoisotopic (exact) mass is 407 g/mol. The lowest BCUT2D eigenvalue weighted by Crippen LogP contribution is -2.21. The van der Waals surface area contributed by atoms with Crippen LogP contribution in [0.15, 0.2) is 39.3 Å². The molecule has 0 fully saturated rings. The molecule has 6 heteroatoms. The summed E-state index contributed by atoms with van der Waals surface area (Å²) >= 11 is 6.16. The van der Waals surface area contributed by atoms with Crippen LogP contribution in [0.25, 0.3) is 0 Å². The molecule has 2 aromatic carbocycles. The van der Waals surface area contributed by atoms with Gasteiger partial charge in [0, 0.05) is 15.6 Å². The molecule has 1 atom stereocenters. The topological polar surface area (TPSA) is 12.0 Å². The minimum Gasteiger partial charge on any atom is -0.309 e. The summed E-state index contributed by atoms with van der Waals surface area (Å²) in [6.07, 6.45) is 0. The minimum atomic E-state index is -0.916. The van der Waals surface area contributed by atoms with E-state index in [-0.39, 0.29) is 15.6 Å². The van der Waals surface area contributed by atoms with Gasteiger partial charge in [-0.2, -0.15) is 0 Å². The molecule has 0 aromatic heterocycles. The van der Waals surface area contributed by atoms with Gasteiger partial charge >= 0.3 is 0 Å². The van der Waals surface area contributed by atoms with Crippen LogP contribution in [0.1, 0.15) is 17.2 Å². The van der Waals surface area contributed by atoms with Crippen molar-refractivity contribution in [3.05, 3.63) is 67.9 Å². The largest absolute Gasteiger partial charge is 0.309 e. The quantitative estimate of drug-likeness (QED) is 0.709. The summed E-state index contributed by atoms with van der Waals surface area (Å²) in [5.74, 6) is -2.02. The van der Waals surface area contributed by atoms with Crippen LogP contribution < -0.4 is 5.32 Å². The van der Waals surface area contributed by atoms with Gasteiger partial charge in [-0.15, -0.1) is 0 Å². The highest BCUT2D eigenvalue weighted by molar-refractivity contribution is 9.10. The Bertz CT molecular complexity index is 647. The van der Waals surface area contributed by atoms with Gasteiger partial charge in [-0.25, -0.2) is 13.2 Å². The summed E-state index contributed by atoms with van der Waals surface area (Å²) in [6.45, 7) is 0. The first-order valence-electron chi connectivity index (χ1n) is 5.71. The third kappa shape index (κ3) is 2.92. The first-order chi connectivity index (χ1) is 9.45. The van der Waals surface area contributed by atoms with Crippen LogP contribution in [0.5, 0.6) is 0 Å². The smallest absolute Gasteiger partial charge is 0.145 e. The molecular weight excluding hydrogens is 399 g/mol. The summed E-state index contributed by atoms with van der Waals surface area (Å²) in [5, 5.41) is 2.75. The highest BCUT2D eigenvalue weighted by atomic mass is 79.9. The van der Waals surface area contributed by atoms with Gasteiger partial charge in [-0.1, -0.05) is 22.0 Å². The van der Waals surface area contributed by atoms with Crippen molar-refractivity contribution in [1.82, 2.24) is 5.32 Å². The molecule has 0 saturated carbocycles. The number of rotatable bonds is 3. The second-order valence-electron chi connectivity index (χ2n) is 4.14. The Morgan fingerprint density at radius 1 is 1.00 bits per heavy atom. The molecule has 0 aliphatic carbocycles. The van der Waals surface area contributed by atoms with E-state index in [0.717, 1.165) is 6.07 Å². The number of hydrogen-bond donors (Lipinski definition) is 1. The Balaban J connectivity index is 2.61. The molecule has 1 N–H and O–H groups in total. The maximum Gasteiger partial charge on any atom is 0.145 e. The Morgan fingerprint density at radius 2 is 1.70 bits per heavy atom. The lowest BCUT2D eigenvalue weighted by Gasteiger charge is -2.20. The number of benzene rings is 2. The number of halogens is 5. The molecule has 1 unspecified atom stereocenters. The van der Waals surface area contributed by atoms with Gasteiger partial charge in [0.15, 0.2) is 0 Å². The minimum absolute atomic E-state index is 0.131. The third-order valence-electron chi connectivity index (χ3n) is 2.93. The average Bonchev–Trinajstić information content (AvgIpc) is 2.40. The molecule has 0 heterocycles. The van der Waals surface area contributed by atoms with Crippen molar-refractivity contribution in [1.29, 1.82) is 0 Å². The van der Waals surface area contributed by atoms with E-state index in [4.69, 9.17) is 0 Å². The van der Waals surface area contributed by atoms with E-state index in [2.05, 4.69) is 37.2 Å². The zero-order valence-electron chi connectivity index (χ0n) is 10.4. The molecule has 106 valence electrons. The van der Waals surface area contributed by atoms with Crippen LogP contribution in [0, 0.1) is 17.5 Å². The maximum atomic E-state index is 14.1. The van der Waals surface area contributed by atoms with Gasteiger partial charge in [0.25, 0.3) is 0 Å². The van der Waals surface area contributed by atoms with Crippen molar-refractivity contribution in [3.8, 4) is 0 Å². The van der Waals surface area contributed by atoms with Gasteiger partial charge in [0.1, 0.15) is 17.5 Å². The van der Waals surface area contributed by atoms with Crippen molar-refractivity contribution < 1.29 is 13.2 Å². The van der Waals surface area contributed by atoms with Gasteiger partial charge in [-0.3, -0.25) is 0 Å². The van der Waals surface area contributed by atoms with E-state index < -0.39 is 23.5 Å². The van der Waals surface area contributed by atoms with Crippen molar-refractivity contribution in [2.45, 2.75) is 6.04 Å². The molecular formula is C14H10Br2F3N. The Hall–Kier alpha value is -0.850. The van der Waals surface area contributed by atoms with E-state index in [1.165, 1.54) is 25.2 Å². The second-order valence-corrected chi connectivity index (χ2v) is 5.91. The van der Waals surface area contributed by atoms with Crippen LogP contribution >= 0.6 is 31.9 Å². The van der Waals surface area contributed by atoms with E-state index in [0.29, 0.717) is 4.47 Å². The molecule has 2 rings (SSSR count). The standard InChI is InChI=1S/C14H10Br2F3N/c1-20-14(8-3-2-7(15)6-11(8)18)12-10(17)5-4-9(16)13(12)19/h2-6,14,20H,1H3. The molecule has 0 saturated heterocycles. The zero-order valence-corrected chi connectivity index (χ0v) is 13.5. The van der Waals surface area contributed by atoms with E-state index >= 15 is 0 Å². The van der Waals surface area contributed by atoms with Crippen molar-refractivity contribution in [2.24, 2.45) is 0 Å². The Kier molecular flexibility index (Phi) is 4.88. The van der Waals surface area contributed by atoms with Crippen LogP contribution in [0.2, 0.25) is 0 Å². The molecule has 20 heavy (non-hydrogen) atoms. The molecule has 2 aromatic rings. The highest BCUT2D eigenvalue weighted by Crippen LogP contribution is 2.32. The summed E-state index contributed by atoms with van der Waals surface area (Å²) < 4.78 is 42.8. The average molecular weight is 409 g/mol. The molecule has 0 radical (unpaired) electrons. The van der Waals surface area contributed by atoms with Gasteiger partial charge in [-0.05, 0) is 47.2 Å². The summed E-state index contributed by atoms with van der Waals surface area (Å²) in [6, 6.07) is 5.87. The summed E-state index contributed by atoms with van der Waals surface area (Å²) in [5.41, 5.74) is -0.0466. The fourth-order valence-corrected chi connectivity index (χ4v) is 2.68. The molecule has 0 bridgehead atoms. The Morgan fingerprint density at radius 3 is 2.30 bits per heavy atom. The molecule has 0 aliphatic heterocycles. The van der Waals surface area contributed by atoms with Crippen molar-refractivity contribution in [2.75, 3.05) is 7.05 Å². The van der Waals surface area contributed by atoms with Crippen molar-refractivity contribution in [3.63, 3.8) is 0 Å². The SMILES string of the molecule is CNC(c1ccc(Br)cc1F)c1c(F)ccc(Br)c1F. The fourth-order valence-electron chi connectivity index (χ4n) is 2.00. The zero-order chi connectivity index (χ0) is 14.9. The number of hydrogen-bond acceptors (Lipinski definition) is 1. The molecule has 1 nitrogen and oxygen atoms in total. The maximum absolute atomic E-state index is 14.1. The summed E-state index contributed by atoms with van der Waals surface area (Å²) in [4.78, 5) is 0. The van der Waals surface area contributed by atoms with Gasteiger partial charge < -0.3 is 5.32 Å². The highest BCUT2D eigenvalue weighted by Gasteiger charge is 2.24. The van der Waals surface area contributed by atoms with Crippen LogP contribution in [-0.4, -0.2) is 7.05 Å². The predicted molar refractivity (Wildman–Crippen MR) is 79.1 cm³/mol. The van der Waals surface area contributed by atoms with Gasteiger partial charge in [0.05, 0.1) is 10.5 Å². The first-order valence-corrected chi connectivity index (χ1v) is 7.30.